The van der Waals surface area contributed by atoms with Crippen molar-refractivity contribution >= 4 is 28.4 Å². The average Bonchev–Trinajstić information content (AvgIpc) is 2.44. The van der Waals surface area contributed by atoms with Gasteiger partial charge in [0.05, 0.1) is 10.4 Å². The summed E-state index contributed by atoms with van der Waals surface area (Å²) >= 11 is 0. The first-order valence-corrected chi connectivity index (χ1v) is 6.58. The Labute approximate surface area is 122 Å². The Balaban J connectivity index is 2.56. The van der Waals surface area contributed by atoms with Crippen molar-refractivity contribution in [1.82, 2.24) is 9.97 Å². The van der Waals surface area contributed by atoms with E-state index in [1.54, 1.807) is 12.1 Å². The third-order valence-corrected chi connectivity index (χ3v) is 2.72. The van der Waals surface area contributed by atoms with E-state index in [-0.39, 0.29) is 11.7 Å². The smallest absolute Gasteiger partial charge is 0.270 e. The fourth-order valence-electron chi connectivity index (χ4n) is 1.86. The van der Waals surface area contributed by atoms with Crippen LogP contribution in [0.2, 0.25) is 0 Å². The summed E-state index contributed by atoms with van der Waals surface area (Å²) in [5.74, 6) is 1.03. The zero-order chi connectivity index (χ0) is 15.4. The van der Waals surface area contributed by atoms with Crippen LogP contribution in [0.15, 0.2) is 30.9 Å². The summed E-state index contributed by atoms with van der Waals surface area (Å²) in [4.78, 5) is 19.2. The second-order valence-electron chi connectivity index (χ2n) is 4.82. The number of benzene rings is 1. The zero-order valence-electron chi connectivity index (χ0n) is 12.0. The predicted octanol–water partition coefficient (Wildman–Crippen LogP) is 2.96. The predicted molar refractivity (Wildman–Crippen MR) is 83.6 cm³/mol. The summed E-state index contributed by atoms with van der Waals surface area (Å²) in [6.07, 6.45) is 1.71. The van der Waals surface area contributed by atoms with Gasteiger partial charge >= 0.3 is 0 Å². The molecule has 2 N–H and O–H groups in total. The van der Waals surface area contributed by atoms with Crippen molar-refractivity contribution in [2.24, 2.45) is 0 Å². The molecule has 2 aromatic rings. The number of nitro groups is 1. The molecule has 0 fully saturated rings. The summed E-state index contributed by atoms with van der Waals surface area (Å²) in [5.41, 5.74) is 0.662. The molecule has 21 heavy (non-hydrogen) atoms. The molecule has 0 amide bonds. The lowest BCUT2D eigenvalue weighted by molar-refractivity contribution is -0.384. The lowest BCUT2D eigenvalue weighted by Crippen LogP contribution is -2.13. The number of hydrogen-bond donors (Lipinski definition) is 2. The van der Waals surface area contributed by atoms with Gasteiger partial charge in [0.15, 0.2) is 0 Å². The number of non-ortho nitro benzene ring substituents is 1. The largest absolute Gasteiger partial charge is 0.367 e. The van der Waals surface area contributed by atoms with Crippen LogP contribution in [0, 0.1) is 10.1 Å². The third kappa shape index (κ3) is 3.44. The molecular formula is C14H17N5O2. The van der Waals surface area contributed by atoms with Gasteiger partial charge in [0.25, 0.3) is 5.69 Å². The molecule has 1 aromatic carbocycles. The topological polar surface area (TPSA) is 93.0 Å². The van der Waals surface area contributed by atoms with Crippen molar-refractivity contribution in [3.8, 4) is 0 Å². The lowest BCUT2D eigenvalue weighted by Gasteiger charge is -2.13. The maximum absolute atomic E-state index is 10.9. The Morgan fingerprint density at radius 1 is 1.43 bits per heavy atom. The van der Waals surface area contributed by atoms with E-state index < -0.39 is 4.92 Å². The minimum Gasteiger partial charge on any atom is -0.367 e. The standard InChI is InChI=1S/C14H17N5O2/c1-4-7-15-14-17-12-6-5-10(19(20)21)8-11(12)13(18-14)16-9(2)3/h4-6,8-9H,1,7H2,2-3H3,(H2,15,16,17,18). The summed E-state index contributed by atoms with van der Waals surface area (Å²) in [5, 5.41) is 17.7. The quantitative estimate of drug-likeness (QED) is 0.482. The van der Waals surface area contributed by atoms with Gasteiger partial charge in [-0.15, -0.1) is 6.58 Å². The van der Waals surface area contributed by atoms with Crippen molar-refractivity contribution in [1.29, 1.82) is 0 Å². The van der Waals surface area contributed by atoms with Gasteiger partial charge in [-0.1, -0.05) is 6.08 Å². The molecular weight excluding hydrogens is 270 g/mol. The Bertz CT molecular complexity index is 684. The van der Waals surface area contributed by atoms with Gasteiger partial charge in [-0.2, -0.15) is 4.98 Å². The number of hydrogen-bond acceptors (Lipinski definition) is 6. The number of rotatable bonds is 6. The highest BCUT2D eigenvalue weighted by Crippen LogP contribution is 2.26. The van der Waals surface area contributed by atoms with E-state index in [0.717, 1.165) is 0 Å². The maximum atomic E-state index is 10.9. The molecule has 7 heteroatoms. The number of nitrogens with one attached hydrogen (secondary N) is 2. The van der Waals surface area contributed by atoms with Gasteiger partial charge in [0.1, 0.15) is 5.82 Å². The monoisotopic (exact) mass is 287 g/mol. The molecule has 0 saturated heterocycles. The van der Waals surface area contributed by atoms with Crippen molar-refractivity contribution in [3.63, 3.8) is 0 Å². The molecule has 7 nitrogen and oxygen atoms in total. The molecule has 0 saturated carbocycles. The molecule has 0 aliphatic heterocycles. The zero-order valence-corrected chi connectivity index (χ0v) is 12.0. The molecule has 0 atom stereocenters. The van der Waals surface area contributed by atoms with Crippen LogP contribution in [0.5, 0.6) is 0 Å². The molecule has 0 spiro atoms. The van der Waals surface area contributed by atoms with Crippen LogP contribution in [0.3, 0.4) is 0 Å². The molecule has 0 unspecified atom stereocenters. The molecule has 2 rings (SSSR count). The first-order valence-electron chi connectivity index (χ1n) is 6.58. The number of fused-ring (bicyclic) bond motifs is 1. The van der Waals surface area contributed by atoms with Crippen molar-refractivity contribution < 1.29 is 4.92 Å². The SMILES string of the molecule is C=CCNc1nc(NC(C)C)c2cc([N+](=O)[O-])ccc2n1. The second kappa shape index (κ2) is 6.17. The van der Waals surface area contributed by atoms with Gasteiger partial charge in [-0.25, -0.2) is 4.98 Å². The number of nitro benzene ring substituents is 1. The molecule has 1 heterocycles. The second-order valence-corrected chi connectivity index (χ2v) is 4.82. The number of aromatic nitrogens is 2. The third-order valence-electron chi connectivity index (χ3n) is 2.72. The van der Waals surface area contributed by atoms with Crippen molar-refractivity contribution in [2.75, 3.05) is 17.2 Å². The fourth-order valence-corrected chi connectivity index (χ4v) is 1.86. The average molecular weight is 287 g/mol. The van der Waals surface area contributed by atoms with E-state index in [0.29, 0.717) is 29.2 Å². The number of anilines is 2. The van der Waals surface area contributed by atoms with Crippen LogP contribution in [0.1, 0.15) is 13.8 Å². The Hall–Kier alpha value is -2.70. The van der Waals surface area contributed by atoms with Gasteiger partial charge in [-0.3, -0.25) is 10.1 Å². The molecule has 110 valence electrons. The van der Waals surface area contributed by atoms with Gasteiger partial charge in [0.2, 0.25) is 5.95 Å². The molecule has 1 aromatic heterocycles. The van der Waals surface area contributed by atoms with Crippen molar-refractivity contribution in [2.45, 2.75) is 19.9 Å². The van der Waals surface area contributed by atoms with Gasteiger partial charge in [0, 0.05) is 30.1 Å². The van der Waals surface area contributed by atoms with Crippen LogP contribution in [0.25, 0.3) is 10.9 Å². The first kappa shape index (κ1) is 14.7. The first-order chi connectivity index (χ1) is 10.0. The van der Waals surface area contributed by atoms with Crippen LogP contribution in [-0.4, -0.2) is 27.5 Å². The van der Waals surface area contributed by atoms with E-state index >= 15 is 0 Å². The van der Waals surface area contributed by atoms with E-state index in [4.69, 9.17) is 0 Å². The van der Waals surface area contributed by atoms with Crippen LogP contribution < -0.4 is 10.6 Å². The molecule has 0 aliphatic rings. The normalized spacial score (nSPS) is 10.6. The summed E-state index contributed by atoms with van der Waals surface area (Å²) in [6, 6.07) is 4.69. The fraction of sp³-hybridized carbons (Fsp3) is 0.286. The van der Waals surface area contributed by atoms with E-state index in [1.165, 1.54) is 12.1 Å². The number of nitrogens with zero attached hydrogens (tertiary/aromatic N) is 3. The highest BCUT2D eigenvalue weighted by Gasteiger charge is 2.13. The van der Waals surface area contributed by atoms with Crippen LogP contribution in [0.4, 0.5) is 17.5 Å². The molecule has 0 bridgehead atoms. The summed E-state index contributed by atoms with van der Waals surface area (Å²) in [6.45, 7) is 8.12. The van der Waals surface area contributed by atoms with E-state index in [1.807, 2.05) is 13.8 Å². The minimum absolute atomic E-state index is 0.0182. The lowest BCUT2D eigenvalue weighted by atomic mass is 10.2. The summed E-state index contributed by atoms with van der Waals surface area (Å²) < 4.78 is 0. The van der Waals surface area contributed by atoms with E-state index in [2.05, 4.69) is 27.2 Å². The van der Waals surface area contributed by atoms with Crippen LogP contribution in [-0.2, 0) is 0 Å². The highest BCUT2D eigenvalue weighted by molar-refractivity contribution is 5.91. The highest BCUT2D eigenvalue weighted by atomic mass is 16.6. The Kier molecular flexibility index (Phi) is 4.32. The Morgan fingerprint density at radius 3 is 2.81 bits per heavy atom. The summed E-state index contributed by atoms with van der Waals surface area (Å²) in [7, 11) is 0. The molecule has 0 aliphatic carbocycles. The Morgan fingerprint density at radius 2 is 2.19 bits per heavy atom. The molecule has 0 radical (unpaired) electrons. The van der Waals surface area contributed by atoms with E-state index in [9.17, 15) is 10.1 Å². The minimum atomic E-state index is -0.428. The van der Waals surface area contributed by atoms with Crippen LogP contribution >= 0.6 is 0 Å². The maximum Gasteiger partial charge on any atom is 0.270 e. The van der Waals surface area contributed by atoms with Crippen molar-refractivity contribution in [3.05, 3.63) is 41.0 Å². The van der Waals surface area contributed by atoms with Gasteiger partial charge < -0.3 is 10.6 Å². The van der Waals surface area contributed by atoms with Gasteiger partial charge in [-0.05, 0) is 19.9 Å².